The van der Waals surface area contributed by atoms with Crippen molar-refractivity contribution in [1.82, 2.24) is 24.9 Å². The van der Waals surface area contributed by atoms with E-state index in [1.807, 2.05) is 30.5 Å². The van der Waals surface area contributed by atoms with Gasteiger partial charge < -0.3 is 10.2 Å². The number of thiocarbonyl (C=S) groups is 1. The van der Waals surface area contributed by atoms with Crippen LogP contribution in [0.5, 0.6) is 0 Å². The van der Waals surface area contributed by atoms with Crippen LogP contribution in [0, 0.1) is 6.92 Å². The van der Waals surface area contributed by atoms with Crippen LogP contribution in [0.25, 0.3) is 0 Å². The number of piperazine rings is 1. The third-order valence-corrected chi connectivity index (χ3v) is 5.57. The van der Waals surface area contributed by atoms with Gasteiger partial charge in [0.2, 0.25) is 0 Å². The van der Waals surface area contributed by atoms with Crippen LogP contribution >= 0.6 is 23.8 Å². The molecule has 1 aromatic heterocycles. The minimum Gasteiger partial charge on any atom is -0.358 e. The fourth-order valence-electron chi connectivity index (χ4n) is 3.20. The lowest BCUT2D eigenvalue weighted by molar-refractivity contribution is 0.174. The normalized spacial score (nSPS) is 15.3. The van der Waals surface area contributed by atoms with Crippen molar-refractivity contribution >= 4 is 28.9 Å². The van der Waals surface area contributed by atoms with Gasteiger partial charge in [-0.3, -0.25) is 9.58 Å². The van der Waals surface area contributed by atoms with E-state index in [9.17, 15) is 0 Å². The molecule has 1 N–H and O–H groups in total. The van der Waals surface area contributed by atoms with Gasteiger partial charge >= 0.3 is 0 Å². The molecule has 1 fully saturated rings. The Kier molecular flexibility index (Phi) is 6.51. The monoisotopic (exact) mass is 391 g/mol. The van der Waals surface area contributed by atoms with Gasteiger partial charge in [-0.2, -0.15) is 5.10 Å². The molecule has 26 heavy (non-hydrogen) atoms. The van der Waals surface area contributed by atoms with E-state index in [0.29, 0.717) is 0 Å². The van der Waals surface area contributed by atoms with E-state index in [1.165, 1.54) is 16.8 Å². The molecule has 3 rings (SSSR count). The summed E-state index contributed by atoms with van der Waals surface area (Å²) >= 11 is 11.5. The van der Waals surface area contributed by atoms with Gasteiger partial charge in [0.1, 0.15) is 0 Å². The summed E-state index contributed by atoms with van der Waals surface area (Å²) in [5.41, 5.74) is 3.78. The van der Waals surface area contributed by atoms with Gasteiger partial charge in [0, 0.05) is 62.1 Å². The SMILES string of the molecule is CCn1ncc(CN2CCN(C(=S)NCc3ccc(Cl)cc3)CC2)c1C. The highest BCUT2D eigenvalue weighted by molar-refractivity contribution is 7.80. The second-order valence-electron chi connectivity index (χ2n) is 6.62. The maximum Gasteiger partial charge on any atom is 0.169 e. The second kappa shape index (κ2) is 8.84. The van der Waals surface area contributed by atoms with E-state index in [0.717, 1.165) is 55.9 Å². The van der Waals surface area contributed by atoms with Gasteiger partial charge in [0.05, 0.1) is 6.20 Å². The van der Waals surface area contributed by atoms with Crippen molar-refractivity contribution < 1.29 is 0 Å². The molecule has 0 unspecified atom stereocenters. The molecular formula is C19H26ClN5S. The number of aromatic nitrogens is 2. The Hall–Kier alpha value is -1.63. The minimum atomic E-state index is 0.728. The summed E-state index contributed by atoms with van der Waals surface area (Å²) in [5.74, 6) is 0. The van der Waals surface area contributed by atoms with Crippen molar-refractivity contribution in [1.29, 1.82) is 0 Å². The molecule has 0 spiro atoms. The van der Waals surface area contributed by atoms with E-state index in [2.05, 4.69) is 38.7 Å². The Bertz CT molecular complexity index is 735. The Balaban J connectivity index is 1.44. The van der Waals surface area contributed by atoms with Crippen molar-refractivity contribution in [3.05, 3.63) is 52.3 Å². The van der Waals surface area contributed by atoms with E-state index in [4.69, 9.17) is 23.8 Å². The van der Waals surface area contributed by atoms with Crippen molar-refractivity contribution in [3.8, 4) is 0 Å². The lowest BCUT2D eigenvalue weighted by Gasteiger charge is -2.36. The fraction of sp³-hybridized carbons (Fsp3) is 0.474. The lowest BCUT2D eigenvalue weighted by atomic mass is 10.2. The van der Waals surface area contributed by atoms with Crippen molar-refractivity contribution in [2.75, 3.05) is 26.2 Å². The molecule has 2 heterocycles. The number of hydrogen-bond acceptors (Lipinski definition) is 3. The fourth-order valence-corrected chi connectivity index (χ4v) is 3.58. The maximum atomic E-state index is 5.92. The van der Waals surface area contributed by atoms with Crippen LogP contribution in [0.15, 0.2) is 30.5 Å². The molecule has 0 bridgehead atoms. The summed E-state index contributed by atoms with van der Waals surface area (Å²) in [6.07, 6.45) is 2.00. The molecular weight excluding hydrogens is 366 g/mol. The molecule has 0 atom stereocenters. The van der Waals surface area contributed by atoms with Crippen LogP contribution in [0.3, 0.4) is 0 Å². The molecule has 7 heteroatoms. The minimum absolute atomic E-state index is 0.728. The molecule has 1 aromatic carbocycles. The van der Waals surface area contributed by atoms with Crippen LogP contribution in [0.2, 0.25) is 5.02 Å². The first-order valence-corrected chi connectivity index (χ1v) is 9.86. The van der Waals surface area contributed by atoms with Crippen molar-refractivity contribution in [2.45, 2.75) is 33.5 Å². The molecule has 0 aliphatic carbocycles. The average Bonchev–Trinajstić information content (AvgIpc) is 3.01. The van der Waals surface area contributed by atoms with Crippen LogP contribution in [0.1, 0.15) is 23.7 Å². The zero-order chi connectivity index (χ0) is 18.5. The number of hydrogen-bond donors (Lipinski definition) is 1. The van der Waals surface area contributed by atoms with Gasteiger partial charge in [-0.05, 0) is 43.8 Å². The molecule has 2 aromatic rings. The van der Waals surface area contributed by atoms with Crippen LogP contribution < -0.4 is 5.32 Å². The summed E-state index contributed by atoms with van der Waals surface area (Å²) in [6.45, 7) is 10.8. The van der Waals surface area contributed by atoms with Gasteiger partial charge in [-0.15, -0.1) is 0 Å². The maximum absolute atomic E-state index is 5.92. The third kappa shape index (κ3) is 4.75. The van der Waals surface area contributed by atoms with Gasteiger partial charge in [-0.1, -0.05) is 23.7 Å². The molecule has 0 radical (unpaired) electrons. The molecule has 1 aliphatic heterocycles. The Morgan fingerprint density at radius 2 is 1.88 bits per heavy atom. The van der Waals surface area contributed by atoms with Crippen LogP contribution in [0.4, 0.5) is 0 Å². The number of nitrogens with zero attached hydrogens (tertiary/aromatic N) is 4. The number of nitrogens with one attached hydrogen (secondary N) is 1. The van der Waals surface area contributed by atoms with Crippen molar-refractivity contribution in [2.24, 2.45) is 0 Å². The lowest BCUT2D eigenvalue weighted by Crippen LogP contribution is -2.51. The highest BCUT2D eigenvalue weighted by Crippen LogP contribution is 2.13. The number of benzene rings is 1. The topological polar surface area (TPSA) is 36.3 Å². The highest BCUT2D eigenvalue weighted by Gasteiger charge is 2.20. The Morgan fingerprint density at radius 3 is 2.50 bits per heavy atom. The summed E-state index contributed by atoms with van der Waals surface area (Å²) in [5, 5.41) is 9.38. The first kappa shape index (κ1) is 19.1. The third-order valence-electron chi connectivity index (χ3n) is 4.91. The summed E-state index contributed by atoms with van der Waals surface area (Å²) in [6, 6.07) is 7.86. The van der Waals surface area contributed by atoms with Gasteiger partial charge in [0.15, 0.2) is 5.11 Å². The number of halogens is 1. The van der Waals surface area contributed by atoms with E-state index >= 15 is 0 Å². The molecule has 5 nitrogen and oxygen atoms in total. The number of rotatable bonds is 5. The van der Waals surface area contributed by atoms with E-state index in [-0.39, 0.29) is 0 Å². The predicted molar refractivity (Wildman–Crippen MR) is 110 cm³/mol. The standard InChI is InChI=1S/C19H26ClN5S/c1-3-25-15(2)17(13-22-25)14-23-8-10-24(11-9-23)19(26)21-12-16-4-6-18(20)7-5-16/h4-7,13H,3,8-12,14H2,1-2H3,(H,21,26). The number of aryl methyl sites for hydroxylation is 1. The summed E-state index contributed by atoms with van der Waals surface area (Å²) < 4.78 is 2.06. The molecule has 140 valence electrons. The second-order valence-corrected chi connectivity index (χ2v) is 7.44. The smallest absolute Gasteiger partial charge is 0.169 e. The first-order valence-electron chi connectivity index (χ1n) is 9.07. The molecule has 1 aliphatic rings. The zero-order valence-electron chi connectivity index (χ0n) is 15.4. The zero-order valence-corrected chi connectivity index (χ0v) is 17.0. The van der Waals surface area contributed by atoms with Gasteiger partial charge in [0.25, 0.3) is 0 Å². The quantitative estimate of drug-likeness (QED) is 0.793. The molecule has 0 saturated carbocycles. The first-order chi connectivity index (χ1) is 12.6. The molecule has 1 saturated heterocycles. The largest absolute Gasteiger partial charge is 0.358 e. The van der Waals surface area contributed by atoms with E-state index in [1.54, 1.807) is 0 Å². The Morgan fingerprint density at radius 1 is 1.19 bits per heavy atom. The highest BCUT2D eigenvalue weighted by atomic mass is 35.5. The van der Waals surface area contributed by atoms with Crippen LogP contribution in [-0.2, 0) is 19.6 Å². The summed E-state index contributed by atoms with van der Waals surface area (Å²) in [4.78, 5) is 4.73. The summed E-state index contributed by atoms with van der Waals surface area (Å²) in [7, 11) is 0. The molecule has 0 amide bonds. The van der Waals surface area contributed by atoms with Crippen molar-refractivity contribution in [3.63, 3.8) is 0 Å². The average molecular weight is 392 g/mol. The Labute approximate surface area is 165 Å². The van der Waals surface area contributed by atoms with Gasteiger partial charge in [-0.25, -0.2) is 0 Å². The predicted octanol–water partition coefficient (Wildman–Crippen LogP) is 3.06. The van der Waals surface area contributed by atoms with Crippen LogP contribution in [-0.4, -0.2) is 50.9 Å². The van der Waals surface area contributed by atoms with E-state index < -0.39 is 0 Å².